The van der Waals surface area contributed by atoms with Gasteiger partial charge in [-0.3, -0.25) is 0 Å². The van der Waals surface area contributed by atoms with Gasteiger partial charge in [-0.1, -0.05) is 0 Å². The van der Waals surface area contributed by atoms with Crippen molar-refractivity contribution in [3.63, 3.8) is 0 Å². The first kappa shape index (κ1) is 24.3. The Hall–Kier alpha value is -0.677. The van der Waals surface area contributed by atoms with E-state index in [-0.39, 0.29) is 19.5 Å². The van der Waals surface area contributed by atoms with E-state index >= 15 is 0 Å². The van der Waals surface area contributed by atoms with Gasteiger partial charge in [0.1, 0.15) is 24.4 Å². The number of aliphatic hydroxyl groups excluding tert-OH is 6. The number of rotatable bonds is 6. The van der Waals surface area contributed by atoms with Gasteiger partial charge in [-0.15, -0.1) is 0 Å². The number of carbonyl (C=O) groups excluding carboxylic acids is 2. The molecule has 0 amide bonds. The number of carbonyl (C=O) groups is 2. The summed E-state index contributed by atoms with van der Waals surface area (Å²) in [5, 5.41) is 70.7. The molecule has 0 aromatic heterocycles. The third kappa shape index (κ3) is 10.2. The maximum absolute atomic E-state index is 9.98. The van der Waals surface area contributed by atoms with Crippen LogP contribution >= 0.6 is 0 Å². The summed E-state index contributed by atoms with van der Waals surface area (Å²) in [5.41, 5.74) is 0. The standard InChI is InChI=1S/C6H12O7.C3H6O3.Zn/c7-1-2(8)3(9)4(10)5(11)6(12)13;1-2(4)3(5)6;/h2-5,7-11H,1H2,(H,12,13);2,4H,1H3,(H,5,6);/q;;+2/p-2/t2-,3-,4+,5-;;/m1../s1. The Morgan fingerprint density at radius 1 is 0.950 bits per heavy atom. The van der Waals surface area contributed by atoms with Gasteiger partial charge in [0.15, 0.2) is 0 Å². The molecular weight excluding hydrogens is 333 g/mol. The molecule has 114 valence electrons. The Morgan fingerprint density at radius 3 is 1.50 bits per heavy atom. The maximum Gasteiger partial charge on any atom is 2.00 e. The minimum absolute atomic E-state index is 0. The van der Waals surface area contributed by atoms with Crippen LogP contribution in [0.2, 0.25) is 0 Å². The molecule has 11 heteroatoms. The minimum atomic E-state index is -2.31. The van der Waals surface area contributed by atoms with Gasteiger partial charge in [-0.25, -0.2) is 0 Å². The normalized spacial score (nSPS) is 17.4. The third-order valence-electron chi connectivity index (χ3n) is 1.84. The molecule has 6 N–H and O–H groups in total. The molecule has 10 nitrogen and oxygen atoms in total. The van der Waals surface area contributed by atoms with Crippen LogP contribution < -0.4 is 10.2 Å². The molecule has 5 atom stereocenters. The van der Waals surface area contributed by atoms with Crippen molar-refractivity contribution in [1.29, 1.82) is 0 Å². The van der Waals surface area contributed by atoms with Crippen molar-refractivity contribution in [2.75, 3.05) is 6.61 Å². The van der Waals surface area contributed by atoms with E-state index in [1.165, 1.54) is 0 Å². The van der Waals surface area contributed by atoms with Crippen molar-refractivity contribution in [2.45, 2.75) is 37.4 Å². The first-order valence-corrected chi connectivity index (χ1v) is 4.99. The molecule has 0 aromatic carbocycles. The van der Waals surface area contributed by atoms with E-state index in [9.17, 15) is 19.8 Å². The molecule has 1 unspecified atom stereocenters. The summed E-state index contributed by atoms with van der Waals surface area (Å²) in [7, 11) is 0. The van der Waals surface area contributed by atoms with Crippen molar-refractivity contribution in [2.24, 2.45) is 0 Å². The quantitative estimate of drug-likeness (QED) is 0.250. The summed E-state index contributed by atoms with van der Waals surface area (Å²) in [4.78, 5) is 19.3. The van der Waals surface area contributed by atoms with Gasteiger partial charge in [0.25, 0.3) is 0 Å². The van der Waals surface area contributed by atoms with E-state index in [0.717, 1.165) is 6.92 Å². The molecule has 0 fully saturated rings. The molecule has 0 saturated carbocycles. The zero-order valence-electron chi connectivity index (χ0n) is 10.6. The number of carboxylic acid groups (broad SMARTS) is 2. The molecule has 0 radical (unpaired) electrons. The molecule has 0 aliphatic carbocycles. The maximum atomic E-state index is 9.98. The predicted octanol–water partition coefficient (Wildman–Crippen LogP) is -6.71. The molecule has 0 aliphatic heterocycles. The fourth-order valence-electron chi connectivity index (χ4n) is 0.662. The van der Waals surface area contributed by atoms with Gasteiger partial charge in [0.2, 0.25) is 0 Å². The van der Waals surface area contributed by atoms with E-state index in [1.54, 1.807) is 0 Å². The Morgan fingerprint density at radius 2 is 1.30 bits per heavy atom. The van der Waals surface area contributed by atoms with E-state index in [0.29, 0.717) is 0 Å². The molecule has 0 saturated heterocycles. The van der Waals surface area contributed by atoms with Gasteiger partial charge in [-0.2, -0.15) is 0 Å². The monoisotopic (exact) mass is 348 g/mol. The number of hydrogen-bond donors (Lipinski definition) is 6. The minimum Gasteiger partial charge on any atom is -0.547 e. The van der Waals surface area contributed by atoms with Crippen LogP contribution in [0.4, 0.5) is 0 Å². The second-order valence-corrected chi connectivity index (χ2v) is 3.49. The van der Waals surface area contributed by atoms with E-state index in [4.69, 9.17) is 30.6 Å². The van der Waals surface area contributed by atoms with Crippen LogP contribution in [0, 0.1) is 0 Å². The molecule has 20 heavy (non-hydrogen) atoms. The summed E-state index contributed by atoms with van der Waals surface area (Å²) >= 11 is 0. The van der Waals surface area contributed by atoms with Crippen LogP contribution in [0.25, 0.3) is 0 Å². The second-order valence-electron chi connectivity index (χ2n) is 3.49. The van der Waals surface area contributed by atoms with Crippen molar-refractivity contribution >= 4 is 11.9 Å². The van der Waals surface area contributed by atoms with Gasteiger partial charge in [0, 0.05) is 0 Å². The Bertz CT molecular complexity index is 284. The summed E-state index contributed by atoms with van der Waals surface area (Å²) in [6.45, 7) is 0.271. The zero-order valence-corrected chi connectivity index (χ0v) is 13.6. The second kappa shape index (κ2) is 12.1. The van der Waals surface area contributed by atoms with E-state index in [1.807, 2.05) is 0 Å². The molecule has 0 aromatic rings. The molecule has 0 spiro atoms. The number of carboxylic acids is 2. The van der Waals surface area contributed by atoms with Gasteiger partial charge >= 0.3 is 19.5 Å². The Kier molecular flexibility index (Phi) is 14.7. The first-order valence-electron chi connectivity index (χ1n) is 4.99. The third-order valence-corrected chi connectivity index (χ3v) is 1.84. The molecular formula is C9H16O10Zn. The largest absolute Gasteiger partial charge is 2.00 e. The average molecular weight is 350 g/mol. The molecule has 0 rings (SSSR count). The van der Waals surface area contributed by atoms with E-state index in [2.05, 4.69) is 0 Å². The fraction of sp³-hybridized carbons (Fsp3) is 0.778. The van der Waals surface area contributed by atoms with Gasteiger partial charge in [-0.05, 0) is 6.92 Å². The van der Waals surface area contributed by atoms with Crippen molar-refractivity contribution in [3.05, 3.63) is 0 Å². The van der Waals surface area contributed by atoms with Gasteiger partial charge in [0.05, 0.1) is 24.6 Å². The molecule has 0 aliphatic rings. The number of aliphatic carboxylic acids is 2. The van der Waals surface area contributed by atoms with Crippen molar-refractivity contribution in [3.8, 4) is 0 Å². The SMILES string of the molecule is CC(O)C(=O)[O-].O=C([O-])[C@H](O)[C@@H](O)[C@H](O)[C@H](O)CO.[Zn+2]. The average Bonchev–Trinajstić information content (AvgIpc) is 2.35. The van der Waals surface area contributed by atoms with Crippen LogP contribution in [0.5, 0.6) is 0 Å². The summed E-state index contributed by atoms with van der Waals surface area (Å²) in [5.74, 6) is -3.41. The van der Waals surface area contributed by atoms with Crippen molar-refractivity contribution < 1.29 is 69.9 Å². The topological polar surface area (TPSA) is 202 Å². The summed E-state index contributed by atoms with van der Waals surface area (Å²) in [6, 6.07) is 0. The summed E-state index contributed by atoms with van der Waals surface area (Å²) in [6.07, 6.45) is -9.42. The smallest absolute Gasteiger partial charge is 0.547 e. The number of aliphatic hydroxyl groups is 6. The Labute approximate surface area is 126 Å². The predicted molar refractivity (Wildman–Crippen MR) is 52.8 cm³/mol. The van der Waals surface area contributed by atoms with Crippen LogP contribution in [0.3, 0.4) is 0 Å². The van der Waals surface area contributed by atoms with Gasteiger partial charge < -0.3 is 50.4 Å². The van der Waals surface area contributed by atoms with Crippen LogP contribution in [-0.4, -0.2) is 79.7 Å². The Balaban J connectivity index is -0.000000352. The first-order chi connectivity index (χ1) is 8.56. The van der Waals surface area contributed by atoms with Crippen molar-refractivity contribution in [1.82, 2.24) is 0 Å². The van der Waals surface area contributed by atoms with E-state index < -0.39 is 49.1 Å². The molecule has 0 bridgehead atoms. The van der Waals surface area contributed by atoms with Crippen LogP contribution in [-0.2, 0) is 29.1 Å². The zero-order chi connectivity index (χ0) is 15.7. The van der Waals surface area contributed by atoms with Crippen LogP contribution in [0.1, 0.15) is 6.92 Å². The van der Waals surface area contributed by atoms with Crippen LogP contribution in [0.15, 0.2) is 0 Å². The number of hydrogen-bond acceptors (Lipinski definition) is 10. The summed E-state index contributed by atoms with van der Waals surface area (Å²) < 4.78 is 0. The fourth-order valence-corrected chi connectivity index (χ4v) is 0.662. The molecule has 0 heterocycles.